The van der Waals surface area contributed by atoms with Crippen molar-refractivity contribution in [3.8, 4) is 5.75 Å². The van der Waals surface area contributed by atoms with Crippen molar-refractivity contribution >= 4 is 30.7 Å². The van der Waals surface area contributed by atoms with Gasteiger partial charge in [0.25, 0.3) is 5.91 Å². The van der Waals surface area contributed by atoms with Gasteiger partial charge in [-0.2, -0.15) is 0 Å². The first kappa shape index (κ1) is 23.7. The average molecular weight is 449 g/mol. The molecule has 3 N–H and O–H groups in total. The summed E-state index contributed by atoms with van der Waals surface area (Å²) in [7, 11) is 0. The number of fused-ring (bicyclic) bond motifs is 1. The van der Waals surface area contributed by atoms with E-state index in [-0.39, 0.29) is 36.6 Å². The Bertz CT molecular complexity index is 978. The molecular weight excluding hydrogens is 423 g/mol. The first-order chi connectivity index (χ1) is 13.7. The number of benzene rings is 2. The summed E-state index contributed by atoms with van der Waals surface area (Å²) in [6.45, 7) is 3.83. The average Bonchev–Trinajstić information content (AvgIpc) is 3.21. The van der Waals surface area contributed by atoms with Gasteiger partial charge in [-0.05, 0) is 24.6 Å². The smallest absolute Gasteiger partial charge is 0.258 e. The number of nitrogens with one attached hydrogen (secondary N) is 1. The van der Waals surface area contributed by atoms with Crippen LogP contribution in [0.3, 0.4) is 0 Å². The minimum Gasteiger partial charge on any atom is -0.491 e. The zero-order chi connectivity index (χ0) is 19.5. The van der Waals surface area contributed by atoms with Crippen LogP contribution >= 0.6 is 24.8 Å². The van der Waals surface area contributed by atoms with E-state index in [1.165, 1.54) is 0 Å². The summed E-state index contributed by atoms with van der Waals surface area (Å²) in [5, 5.41) is 0. The topological polar surface area (TPSA) is 84.2 Å². The van der Waals surface area contributed by atoms with Gasteiger partial charge in [0.2, 0.25) is 0 Å². The molecule has 30 heavy (non-hydrogen) atoms. The molecule has 0 fully saturated rings. The summed E-state index contributed by atoms with van der Waals surface area (Å²) in [6, 6.07) is 15.9. The summed E-state index contributed by atoms with van der Waals surface area (Å²) in [6.07, 6.45) is 1.71. The minimum absolute atomic E-state index is 0. The number of rotatable bonds is 5. The summed E-state index contributed by atoms with van der Waals surface area (Å²) in [5.41, 5.74) is 10.3. The Morgan fingerprint density at radius 3 is 2.73 bits per heavy atom. The fourth-order valence-electron chi connectivity index (χ4n) is 3.70. The molecule has 4 rings (SSSR count). The number of halogens is 2. The fourth-order valence-corrected chi connectivity index (χ4v) is 3.70. The Kier molecular flexibility index (Phi) is 8.29. The van der Waals surface area contributed by atoms with Crippen LogP contribution in [-0.2, 0) is 6.54 Å². The molecule has 1 unspecified atom stereocenters. The quantitative estimate of drug-likeness (QED) is 0.623. The number of aromatic amines is 1. The summed E-state index contributed by atoms with van der Waals surface area (Å²) >= 11 is 0. The number of aryl methyl sites for hydroxylation is 1. The molecule has 0 spiro atoms. The van der Waals surface area contributed by atoms with Gasteiger partial charge in [-0.15, -0.1) is 24.8 Å². The number of carbonyl (C=O) groups is 1. The predicted octanol–water partition coefficient (Wildman–Crippen LogP) is 3.69. The number of aromatic nitrogens is 2. The van der Waals surface area contributed by atoms with Crippen LogP contribution < -0.4 is 10.5 Å². The van der Waals surface area contributed by atoms with E-state index in [1.54, 1.807) is 6.33 Å². The third kappa shape index (κ3) is 4.78. The van der Waals surface area contributed by atoms with E-state index in [1.807, 2.05) is 48.2 Å². The number of carbonyl (C=O) groups excluding carboxylic acids is 1. The first-order valence-corrected chi connectivity index (χ1v) is 9.47. The lowest BCUT2D eigenvalue weighted by molar-refractivity contribution is 0.0717. The molecule has 0 radical (unpaired) electrons. The third-order valence-corrected chi connectivity index (χ3v) is 5.06. The fraction of sp³-hybridized carbons (Fsp3) is 0.273. The van der Waals surface area contributed by atoms with Crippen molar-refractivity contribution in [2.24, 2.45) is 5.73 Å². The molecule has 1 aromatic heterocycles. The van der Waals surface area contributed by atoms with Crippen molar-refractivity contribution in [2.45, 2.75) is 19.4 Å². The molecule has 0 saturated heterocycles. The molecule has 0 saturated carbocycles. The van der Waals surface area contributed by atoms with E-state index < -0.39 is 0 Å². The second-order valence-electron chi connectivity index (χ2n) is 7.05. The molecule has 1 amide bonds. The number of imidazole rings is 1. The number of amides is 1. The standard InChI is InChI=1S/C22H24N4O2.2ClH/c1-15-7-8-20(28-10-9-23)17(11-15)22(27)26-12-18(16-5-3-2-4-6-16)21-19(13-26)24-14-25-21;;/h2-8,11,14,18H,9-10,12-13,23H2,1H3,(H,24,25);2*1H. The van der Waals surface area contributed by atoms with Crippen molar-refractivity contribution < 1.29 is 9.53 Å². The predicted molar refractivity (Wildman–Crippen MR) is 122 cm³/mol. The molecule has 0 bridgehead atoms. The van der Waals surface area contributed by atoms with Crippen LogP contribution in [0, 0.1) is 6.92 Å². The van der Waals surface area contributed by atoms with Crippen LogP contribution in [0.5, 0.6) is 5.75 Å². The van der Waals surface area contributed by atoms with Crippen LogP contribution in [0.2, 0.25) is 0 Å². The Hall–Kier alpha value is -2.54. The van der Waals surface area contributed by atoms with Gasteiger partial charge in [0.1, 0.15) is 12.4 Å². The minimum atomic E-state index is -0.0445. The van der Waals surface area contributed by atoms with Gasteiger partial charge in [0.15, 0.2) is 0 Å². The van der Waals surface area contributed by atoms with E-state index in [0.29, 0.717) is 37.6 Å². The van der Waals surface area contributed by atoms with Gasteiger partial charge in [-0.3, -0.25) is 4.79 Å². The Morgan fingerprint density at radius 2 is 2.00 bits per heavy atom. The molecule has 160 valence electrons. The highest BCUT2D eigenvalue weighted by atomic mass is 35.5. The number of ether oxygens (including phenoxy) is 1. The normalized spacial score (nSPS) is 14.9. The van der Waals surface area contributed by atoms with Gasteiger partial charge >= 0.3 is 0 Å². The second-order valence-corrected chi connectivity index (χ2v) is 7.05. The highest BCUT2D eigenvalue weighted by Crippen LogP contribution is 2.33. The molecule has 2 aromatic carbocycles. The Morgan fingerprint density at radius 1 is 1.23 bits per heavy atom. The van der Waals surface area contributed by atoms with E-state index in [2.05, 4.69) is 22.1 Å². The maximum absolute atomic E-state index is 13.4. The lowest BCUT2D eigenvalue weighted by atomic mass is 9.90. The molecule has 3 aromatic rings. The Balaban J connectivity index is 0.00000160. The zero-order valence-electron chi connectivity index (χ0n) is 16.7. The van der Waals surface area contributed by atoms with Crippen LogP contribution in [0.4, 0.5) is 0 Å². The van der Waals surface area contributed by atoms with Crippen molar-refractivity contribution in [1.82, 2.24) is 14.9 Å². The highest BCUT2D eigenvalue weighted by molar-refractivity contribution is 5.97. The largest absolute Gasteiger partial charge is 0.491 e. The third-order valence-electron chi connectivity index (χ3n) is 5.06. The summed E-state index contributed by atoms with van der Waals surface area (Å²) in [4.78, 5) is 23.0. The van der Waals surface area contributed by atoms with Crippen LogP contribution in [0.25, 0.3) is 0 Å². The molecule has 8 heteroatoms. The molecule has 1 aliphatic heterocycles. The monoisotopic (exact) mass is 448 g/mol. The molecule has 1 atom stereocenters. The van der Waals surface area contributed by atoms with Crippen LogP contribution in [0.15, 0.2) is 54.9 Å². The maximum atomic E-state index is 13.4. The molecule has 1 aliphatic rings. The second kappa shape index (κ2) is 10.5. The highest BCUT2D eigenvalue weighted by Gasteiger charge is 2.32. The Labute approximate surface area is 188 Å². The zero-order valence-corrected chi connectivity index (χ0v) is 18.3. The summed E-state index contributed by atoms with van der Waals surface area (Å²) < 4.78 is 5.73. The van der Waals surface area contributed by atoms with E-state index in [4.69, 9.17) is 10.5 Å². The molecule has 0 aliphatic carbocycles. The van der Waals surface area contributed by atoms with Crippen molar-refractivity contribution in [3.05, 3.63) is 82.9 Å². The maximum Gasteiger partial charge on any atom is 0.258 e. The number of nitrogens with two attached hydrogens (primary N) is 1. The molecular formula is C22H26Cl2N4O2. The SMILES string of the molecule is Cc1ccc(OCCN)c(C(=O)N2Cc3[nH]cnc3C(c3ccccc3)C2)c1.Cl.Cl. The van der Waals surface area contributed by atoms with E-state index in [0.717, 1.165) is 22.5 Å². The van der Waals surface area contributed by atoms with Crippen molar-refractivity contribution in [2.75, 3.05) is 19.7 Å². The lowest BCUT2D eigenvalue weighted by Gasteiger charge is -2.32. The van der Waals surface area contributed by atoms with Crippen LogP contribution in [-0.4, -0.2) is 40.5 Å². The van der Waals surface area contributed by atoms with Gasteiger partial charge < -0.3 is 20.4 Å². The number of nitrogens with zero attached hydrogens (tertiary/aromatic N) is 2. The molecule has 6 nitrogen and oxygen atoms in total. The van der Waals surface area contributed by atoms with Crippen LogP contribution in [0.1, 0.15) is 38.8 Å². The number of hydrogen-bond donors (Lipinski definition) is 2. The van der Waals surface area contributed by atoms with Gasteiger partial charge in [0.05, 0.1) is 29.8 Å². The number of hydrogen-bond acceptors (Lipinski definition) is 4. The lowest BCUT2D eigenvalue weighted by Crippen LogP contribution is -2.39. The van der Waals surface area contributed by atoms with Gasteiger partial charge in [0, 0.05) is 19.0 Å². The van der Waals surface area contributed by atoms with E-state index in [9.17, 15) is 4.79 Å². The summed E-state index contributed by atoms with van der Waals surface area (Å²) in [5.74, 6) is 0.572. The van der Waals surface area contributed by atoms with E-state index >= 15 is 0 Å². The number of H-pyrrole nitrogens is 1. The van der Waals surface area contributed by atoms with Crippen molar-refractivity contribution in [3.63, 3.8) is 0 Å². The van der Waals surface area contributed by atoms with Crippen molar-refractivity contribution in [1.29, 1.82) is 0 Å². The first-order valence-electron chi connectivity index (χ1n) is 9.47. The van der Waals surface area contributed by atoms with Gasteiger partial charge in [-0.1, -0.05) is 42.0 Å². The molecule has 2 heterocycles. The van der Waals surface area contributed by atoms with Gasteiger partial charge in [-0.25, -0.2) is 4.98 Å².